The third-order valence-electron chi connectivity index (χ3n) is 12.2. The number of para-hydroxylation sites is 1. The normalized spacial score (nSPS) is 12.3. The van der Waals surface area contributed by atoms with Gasteiger partial charge in [-0.3, -0.25) is 9.55 Å². The summed E-state index contributed by atoms with van der Waals surface area (Å²) in [6, 6.07) is 47.5. The van der Waals surface area contributed by atoms with Gasteiger partial charge in [0.25, 0.3) is 0 Å². The number of nitrogens with zero attached hydrogens (tertiary/aromatic N) is 3. The molecule has 0 atom stereocenters. The van der Waals surface area contributed by atoms with Crippen molar-refractivity contribution in [2.45, 2.75) is 79.6 Å². The Bertz CT molecular complexity index is 2900. The first-order valence-corrected chi connectivity index (χ1v) is 21.0. The van der Waals surface area contributed by atoms with E-state index in [4.69, 9.17) is 9.97 Å². The van der Waals surface area contributed by atoms with Crippen molar-refractivity contribution in [2.24, 2.45) is 0 Å². The van der Waals surface area contributed by atoms with E-state index in [1.54, 1.807) is 0 Å². The Morgan fingerprint density at radius 2 is 1.37 bits per heavy atom. The number of fused-ring (bicyclic) bond motifs is 2. The van der Waals surface area contributed by atoms with E-state index >= 15 is 0 Å². The quantitative estimate of drug-likeness (QED) is 0.128. The molecule has 1 aliphatic rings. The van der Waals surface area contributed by atoms with Crippen LogP contribution in [0.5, 0.6) is 5.75 Å². The molecule has 0 radical (unpaired) electrons. The van der Waals surface area contributed by atoms with Crippen molar-refractivity contribution in [2.75, 3.05) is 0 Å². The number of pyridine rings is 1. The molecule has 3 heterocycles. The summed E-state index contributed by atoms with van der Waals surface area (Å²) in [6.07, 6.45) is 1.90. The van der Waals surface area contributed by atoms with Crippen LogP contribution in [0.3, 0.4) is 0 Å². The van der Waals surface area contributed by atoms with Crippen LogP contribution in [0.4, 0.5) is 0 Å². The van der Waals surface area contributed by atoms with Crippen LogP contribution in [0.25, 0.3) is 61.6 Å². The van der Waals surface area contributed by atoms with Crippen molar-refractivity contribution in [1.82, 2.24) is 14.5 Å². The molecule has 2 aromatic heterocycles. The molecule has 8 aromatic rings. The second-order valence-corrected chi connectivity index (χ2v) is 18.0. The SMILES string of the molecule is Cc1cc(C)c(O)c(-c2nc3c(-c4[c-]c(-c5cc(-c6ccccc6)ccn5)cc(C(C)(C)C)c4)ccc4c3n2-c2ccccc2B4c2c(C(C)C)cccc2C(C)C)c1.[Pt]. The molecule has 0 spiro atoms. The van der Waals surface area contributed by atoms with Gasteiger partial charge in [0.2, 0.25) is 6.71 Å². The summed E-state index contributed by atoms with van der Waals surface area (Å²) in [5.74, 6) is 1.66. The Labute approximate surface area is 370 Å². The van der Waals surface area contributed by atoms with E-state index < -0.39 is 0 Å². The maximum Gasteiger partial charge on any atom is 0.247 e. The number of hydrogen-bond donors (Lipinski definition) is 1. The van der Waals surface area contributed by atoms with Gasteiger partial charge >= 0.3 is 0 Å². The Kier molecular flexibility index (Phi) is 10.9. The van der Waals surface area contributed by atoms with Crippen LogP contribution in [0, 0.1) is 19.9 Å². The fourth-order valence-corrected chi connectivity index (χ4v) is 9.23. The van der Waals surface area contributed by atoms with Gasteiger partial charge in [-0.05, 0) is 93.6 Å². The second kappa shape index (κ2) is 15.8. The molecule has 0 fully saturated rings. The van der Waals surface area contributed by atoms with Crippen LogP contribution in [0.15, 0.2) is 128 Å². The standard InChI is InChI=1S/C54H51BN3O.Pt/c1-32(2)41-18-15-19-42(33(3)4)49(41)55-45-20-13-14-21-48(45)58-51-46(55)23-22-43(50(51)57-53(58)44-27-34(5)26-35(6)52(44)59)38-28-39(30-40(29-38)54(7,8)9)47-31-37(24-25-56-47)36-16-11-10-12-17-36;/h10-27,29-33,59H,1-9H3;/q-1;. The van der Waals surface area contributed by atoms with Gasteiger partial charge in [-0.1, -0.05) is 156 Å². The predicted octanol–water partition coefficient (Wildman–Crippen LogP) is 11.6. The van der Waals surface area contributed by atoms with Crippen molar-refractivity contribution >= 4 is 34.1 Å². The Morgan fingerprint density at radius 3 is 2.07 bits per heavy atom. The van der Waals surface area contributed by atoms with Crippen LogP contribution in [0.1, 0.15) is 88.1 Å². The van der Waals surface area contributed by atoms with E-state index in [2.05, 4.69) is 175 Å². The number of phenolic OH excluding ortho intramolecular Hbond substituents is 1. The smallest absolute Gasteiger partial charge is 0.247 e. The van der Waals surface area contributed by atoms with Crippen molar-refractivity contribution in [3.8, 4) is 56.3 Å². The average Bonchev–Trinajstić information content (AvgIpc) is 3.63. The molecule has 9 rings (SSSR count). The number of aromatic hydroxyl groups is 1. The van der Waals surface area contributed by atoms with Gasteiger partial charge < -0.3 is 5.11 Å². The third kappa shape index (κ3) is 7.05. The first-order valence-electron chi connectivity index (χ1n) is 21.0. The molecule has 0 unspecified atom stereocenters. The molecule has 4 nitrogen and oxygen atoms in total. The largest absolute Gasteiger partial charge is 0.507 e. The summed E-state index contributed by atoms with van der Waals surface area (Å²) >= 11 is 0. The van der Waals surface area contributed by atoms with E-state index in [9.17, 15) is 5.11 Å². The van der Waals surface area contributed by atoms with Gasteiger partial charge in [-0.15, -0.1) is 29.3 Å². The van der Waals surface area contributed by atoms with Gasteiger partial charge in [0.05, 0.1) is 16.6 Å². The van der Waals surface area contributed by atoms with E-state index in [-0.39, 0.29) is 38.9 Å². The van der Waals surface area contributed by atoms with Gasteiger partial charge in [-0.2, -0.15) is 0 Å². The molecular weight excluding hydrogens is 913 g/mol. The molecule has 1 aliphatic heterocycles. The molecule has 0 saturated carbocycles. The average molecular weight is 964 g/mol. The molecule has 0 amide bonds. The molecule has 0 saturated heterocycles. The van der Waals surface area contributed by atoms with Gasteiger partial charge in [0, 0.05) is 38.6 Å². The second-order valence-electron chi connectivity index (χ2n) is 18.0. The minimum atomic E-state index is -0.145. The fraction of sp³-hybridized carbons (Fsp3) is 0.222. The molecule has 302 valence electrons. The minimum Gasteiger partial charge on any atom is -0.507 e. The van der Waals surface area contributed by atoms with Crippen molar-refractivity contribution in [3.63, 3.8) is 0 Å². The summed E-state index contributed by atoms with van der Waals surface area (Å²) in [4.78, 5) is 10.5. The van der Waals surface area contributed by atoms with Gasteiger partial charge in [0.1, 0.15) is 11.6 Å². The first kappa shape index (κ1) is 41.2. The molecule has 60 heavy (non-hydrogen) atoms. The van der Waals surface area contributed by atoms with Crippen LogP contribution in [0.2, 0.25) is 0 Å². The number of phenols is 1. The first-order chi connectivity index (χ1) is 28.3. The molecule has 0 bridgehead atoms. The molecular formula is C54H51BN3OPt-. The van der Waals surface area contributed by atoms with E-state index in [1.165, 1.54) is 33.1 Å². The number of rotatable bonds is 7. The summed E-state index contributed by atoms with van der Waals surface area (Å²) in [7, 11) is 0. The minimum absolute atomic E-state index is 0. The predicted molar refractivity (Wildman–Crippen MR) is 249 cm³/mol. The molecule has 6 heteroatoms. The number of benzene rings is 6. The number of aryl methyl sites for hydroxylation is 2. The zero-order valence-electron chi connectivity index (χ0n) is 36.0. The van der Waals surface area contributed by atoms with Crippen LogP contribution < -0.4 is 16.4 Å². The van der Waals surface area contributed by atoms with Crippen molar-refractivity contribution in [3.05, 3.63) is 161 Å². The summed E-state index contributed by atoms with van der Waals surface area (Å²) in [6.45, 7) is 20.0. The number of hydrogen-bond acceptors (Lipinski definition) is 3. The zero-order chi connectivity index (χ0) is 41.3. The van der Waals surface area contributed by atoms with Crippen LogP contribution in [-0.2, 0) is 26.5 Å². The summed E-state index contributed by atoms with van der Waals surface area (Å²) in [5.41, 5.74) is 19.3. The summed E-state index contributed by atoms with van der Waals surface area (Å²) < 4.78 is 2.32. The van der Waals surface area contributed by atoms with Crippen molar-refractivity contribution in [1.29, 1.82) is 0 Å². The monoisotopic (exact) mass is 963 g/mol. The molecule has 6 aromatic carbocycles. The molecule has 1 N–H and O–H groups in total. The Morgan fingerprint density at radius 1 is 0.683 bits per heavy atom. The topological polar surface area (TPSA) is 50.9 Å². The van der Waals surface area contributed by atoms with Crippen LogP contribution >= 0.6 is 0 Å². The van der Waals surface area contributed by atoms with E-state index in [0.29, 0.717) is 11.8 Å². The molecule has 0 aliphatic carbocycles. The third-order valence-corrected chi connectivity index (χ3v) is 12.2. The van der Waals surface area contributed by atoms with E-state index in [0.717, 1.165) is 72.7 Å². The maximum absolute atomic E-state index is 11.8. The maximum atomic E-state index is 11.8. The van der Waals surface area contributed by atoms with Crippen molar-refractivity contribution < 1.29 is 26.2 Å². The van der Waals surface area contributed by atoms with Crippen LogP contribution in [-0.4, -0.2) is 26.4 Å². The fourth-order valence-electron chi connectivity index (χ4n) is 9.23. The Balaban J connectivity index is 0.00000499. The Hall–Kier alpha value is -5.51. The van der Waals surface area contributed by atoms with Gasteiger partial charge in [0.15, 0.2) is 0 Å². The number of imidazole rings is 1. The number of aromatic nitrogens is 3. The zero-order valence-corrected chi connectivity index (χ0v) is 38.2. The van der Waals surface area contributed by atoms with E-state index in [1.807, 2.05) is 25.3 Å². The summed E-state index contributed by atoms with van der Waals surface area (Å²) in [5, 5.41) is 11.8. The van der Waals surface area contributed by atoms with Gasteiger partial charge in [-0.25, -0.2) is 4.98 Å².